The molecule has 3 aromatic rings. The van der Waals surface area contributed by atoms with Gasteiger partial charge in [0.15, 0.2) is 5.82 Å². The summed E-state index contributed by atoms with van der Waals surface area (Å²) in [5, 5.41) is 12.7. The minimum Gasteiger partial charge on any atom is -0.411 e. The lowest BCUT2D eigenvalue weighted by molar-refractivity contribution is 0.0648. The van der Waals surface area contributed by atoms with Gasteiger partial charge in [0.1, 0.15) is 0 Å². The lowest BCUT2D eigenvalue weighted by Gasteiger charge is -2.34. The number of benzene rings is 1. The zero-order valence-electron chi connectivity index (χ0n) is 19.0. The molecule has 0 saturated carbocycles. The standard InChI is InChI=1S/C25H28N6O2/c1-30-13-9-19(10-14-30)31(2)25(32)24-27-22(16-7-11-26-12-8-16)23(28-24)18-3-5-20-17(15-18)4-6-21(20)29-33/h3,5,7-8,11-12,15,19,33H,4,6,9-10,13-14H2,1-2H3,(H,27,28). The number of nitrogens with one attached hydrogen (secondary N) is 1. The van der Waals surface area contributed by atoms with E-state index in [9.17, 15) is 10.0 Å². The van der Waals surface area contributed by atoms with Crippen molar-refractivity contribution >= 4 is 11.6 Å². The highest BCUT2D eigenvalue weighted by atomic mass is 16.4. The van der Waals surface area contributed by atoms with Crippen molar-refractivity contribution in [2.45, 2.75) is 31.7 Å². The number of hydrogen-bond donors (Lipinski definition) is 2. The predicted octanol–water partition coefficient (Wildman–Crippen LogP) is 3.43. The van der Waals surface area contributed by atoms with Crippen molar-refractivity contribution in [3.05, 3.63) is 59.7 Å². The molecule has 8 heteroatoms. The minimum absolute atomic E-state index is 0.0954. The molecule has 170 valence electrons. The summed E-state index contributed by atoms with van der Waals surface area (Å²) in [6.07, 6.45) is 6.93. The first kappa shape index (κ1) is 21.3. The molecular weight excluding hydrogens is 416 g/mol. The first-order valence-electron chi connectivity index (χ1n) is 11.4. The van der Waals surface area contributed by atoms with Crippen LogP contribution in [0.15, 0.2) is 47.9 Å². The summed E-state index contributed by atoms with van der Waals surface area (Å²) in [6, 6.07) is 10.1. The Hall–Kier alpha value is -3.52. The van der Waals surface area contributed by atoms with E-state index in [2.05, 4.69) is 33.1 Å². The maximum atomic E-state index is 13.4. The van der Waals surface area contributed by atoms with E-state index < -0.39 is 0 Å². The van der Waals surface area contributed by atoms with Crippen LogP contribution in [0.25, 0.3) is 22.5 Å². The molecule has 33 heavy (non-hydrogen) atoms. The molecule has 5 rings (SSSR count). The number of pyridine rings is 1. The van der Waals surface area contributed by atoms with E-state index in [1.165, 1.54) is 0 Å². The molecule has 0 radical (unpaired) electrons. The molecule has 1 aliphatic heterocycles. The van der Waals surface area contributed by atoms with Crippen LogP contribution in [-0.4, -0.2) is 74.8 Å². The number of rotatable bonds is 4. The quantitative estimate of drug-likeness (QED) is 0.475. The topological polar surface area (TPSA) is 97.7 Å². The summed E-state index contributed by atoms with van der Waals surface area (Å²) < 4.78 is 0. The first-order valence-corrected chi connectivity index (χ1v) is 11.4. The number of aryl methyl sites for hydroxylation is 1. The van der Waals surface area contributed by atoms with Gasteiger partial charge in [-0.05, 0) is 69.6 Å². The number of amides is 1. The number of imidazole rings is 1. The van der Waals surface area contributed by atoms with Crippen LogP contribution in [0.2, 0.25) is 0 Å². The third-order valence-corrected chi connectivity index (χ3v) is 6.87. The van der Waals surface area contributed by atoms with Crippen molar-refractivity contribution < 1.29 is 10.0 Å². The second-order valence-electron chi connectivity index (χ2n) is 8.91. The van der Waals surface area contributed by atoms with Crippen molar-refractivity contribution in [2.75, 3.05) is 27.2 Å². The van der Waals surface area contributed by atoms with Crippen LogP contribution in [0, 0.1) is 0 Å². The number of carbonyl (C=O) groups excluding carboxylic acids is 1. The van der Waals surface area contributed by atoms with Gasteiger partial charge in [-0.15, -0.1) is 0 Å². The molecule has 0 spiro atoms. The molecule has 0 atom stereocenters. The van der Waals surface area contributed by atoms with Crippen molar-refractivity contribution in [3.8, 4) is 22.5 Å². The Labute approximate surface area is 193 Å². The van der Waals surface area contributed by atoms with Gasteiger partial charge in [-0.1, -0.05) is 17.3 Å². The van der Waals surface area contributed by atoms with Gasteiger partial charge >= 0.3 is 0 Å². The van der Waals surface area contributed by atoms with Crippen LogP contribution in [-0.2, 0) is 6.42 Å². The largest absolute Gasteiger partial charge is 0.411 e. The van der Waals surface area contributed by atoms with Crippen molar-refractivity contribution in [1.29, 1.82) is 0 Å². The lowest BCUT2D eigenvalue weighted by Crippen LogP contribution is -2.44. The Morgan fingerprint density at radius 3 is 2.64 bits per heavy atom. The number of fused-ring (bicyclic) bond motifs is 1. The van der Waals surface area contributed by atoms with Gasteiger partial charge in [0.2, 0.25) is 0 Å². The van der Waals surface area contributed by atoms with Gasteiger partial charge in [-0.2, -0.15) is 0 Å². The number of H-pyrrole nitrogens is 1. The third kappa shape index (κ3) is 4.02. The van der Waals surface area contributed by atoms with Gasteiger partial charge in [0.05, 0.1) is 17.1 Å². The van der Waals surface area contributed by atoms with E-state index >= 15 is 0 Å². The van der Waals surface area contributed by atoms with Crippen LogP contribution >= 0.6 is 0 Å². The number of hydrogen-bond acceptors (Lipinski definition) is 6. The number of aromatic nitrogens is 3. The zero-order chi connectivity index (χ0) is 22.9. The highest BCUT2D eigenvalue weighted by molar-refractivity contribution is 6.04. The van der Waals surface area contributed by atoms with Gasteiger partial charge in [-0.3, -0.25) is 9.78 Å². The zero-order valence-corrected chi connectivity index (χ0v) is 19.0. The van der Waals surface area contributed by atoms with Gasteiger partial charge < -0.3 is 20.0 Å². The Kier molecular flexibility index (Phi) is 5.68. The monoisotopic (exact) mass is 444 g/mol. The molecule has 3 heterocycles. The van der Waals surface area contributed by atoms with Crippen molar-refractivity contribution in [2.24, 2.45) is 5.16 Å². The molecule has 1 aliphatic carbocycles. The van der Waals surface area contributed by atoms with E-state index in [1.807, 2.05) is 36.2 Å². The van der Waals surface area contributed by atoms with E-state index in [1.54, 1.807) is 12.4 Å². The Bertz CT molecular complexity index is 1190. The first-order chi connectivity index (χ1) is 16.0. The maximum absolute atomic E-state index is 13.4. The second kappa shape index (κ2) is 8.78. The molecule has 2 aromatic heterocycles. The molecule has 1 aromatic carbocycles. The predicted molar refractivity (Wildman–Crippen MR) is 127 cm³/mol. The van der Waals surface area contributed by atoms with Crippen molar-refractivity contribution in [1.82, 2.24) is 24.8 Å². The van der Waals surface area contributed by atoms with E-state index in [0.29, 0.717) is 11.5 Å². The molecule has 1 fully saturated rings. The molecule has 0 unspecified atom stereocenters. The van der Waals surface area contributed by atoms with Crippen LogP contribution in [0.4, 0.5) is 0 Å². The minimum atomic E-state index is -0.0954. The van der Waals surface area contributed by atoms with E-state index in [4.69, 9.17) is 4.98 Å². The summed E-state index contributed by atoms with van der Waals surface area (Å²) >= 11 is 0. The van der Waals surface area contributed by atoms with Gasteiger partial charge in [-0.25, -0.2) is 4.98 Å². The molecule has 2 aliphatic rings. The summed E-state index contributed by atoms with van der Waals surface area (Å²) in [5.41, 5.74) is 6.19. The number of aromatic amines is 1. The van der Waals surface area contributed by atoms with Crippen LogP contribution in [0.5, 0.6) is 0 Å². The molecule has 8 nitrogen and oxygen atoms in total. The average molecular weight is 445 g/mol. The Morgan fingerprint density at radius 1 is 1.15 bits per heavy atom. The van der Waals surface area contributed by atoms with Crippen LogP contribution in [0.1, 0.15) is 41.0 Å². The fourth-order valence-electron chi connectivity index (χ4n) is 4.85. The molecule has 0 bridgehead atoms. The van der Waals surface area contributed by atoms with E-state index in [-0.39, 0.29) is 11.9 Å². The number of carbonyl (C=O) groups is 1. The normalized spacial score (nSPS) is 17.9. The summed E-state index contributed by atoms with van der Waals surface area (Å²) in [7, 11) is 3.99. The second-order valence-corrected chi connectivity index (χ2v) is 8.91. The maximum Gasteiger partial charge on any atom is 0.289 e. The smallest absolute Gasteiger partial charge is 0.289 e. The number of likely N-dealkylation sites (tertiary alicyclic amines) is 1. The number of nitrogens with zero attached hydrogens (tertiary/aromatic N) is 5. The molecule has 1 saturated heterocycles. The Morgan fingerprint density at radius 2 is 1.91 bits per heavy atom. The molecular formula is C25H28N6O2. The van der Waals surface area contributed by atoms with E-state index in [0.717, 1.165) is 72.4 Å². The average Bonchev–Trinajstić information content (AvgIpc) is 3.48. The molecule has 1 amide bonds. The van der Waals surface area contributed by atoms with Gasteiger partial charge in [0, 0.05) is 42.2 Å². The SMILES string of the molecule is CN1CCC(N(C)C(=O)c2nc(-c3ccc4c(c3)CCC4=NO)c(-c3ccncc3)[nH]2)CC1. The Balaban J connectivity index is 1.52. The third-order valence-electron chi connectivity index (χ3n) is 6.87. The highest BCUT2D eigenvalue weighted by Gasteiger charge is 2.28. The number of piperidine rings is 1. The fraction of sp³-hybridized carbons (Fsp3) is 0.360. The number of oxime groups is 1. The summed E-state index contributed by atoms with van der Waals surface area (Å²) in [5.74, 6) is 0.248. The molecule has 2 N–H and O–H groups in total. The highest BCUT2D eigenvalue weighted by Crippen LogP contribution is 2.34. The van der Waals surface area contributed by atoms with Crippen LogP contribution < -0.4 is 0 Å². The lowest BCUT2D eigenvalue weighted by atomic mass is 10.0. The van der Waals surface area contributed by atoms with Crippen LogP contribution in [0.3, 0.4) is 0 Å². The van der Waals surface area contributed by atoms with Crippen molar-refractivity contribution in [3.63, 3.8) is 0 Å². The fourth-order valence-corrected chi connectivity index (χ4v) is 4.85. The van der Waals surface area contributed by atoms with Gasteiger partial charge in [0.25, 0.3) is 5.91 Å². The summed E-state index contributed by atoms with van der Waals surface area (Å²) in [6.45, 7) is 1.98. The summed E-state index contributed by atoms with van der Waals surface area (Å²) in [4.78, 5) is 29.7.